The van der Waals surface area contributed by atoms with E-state index in [9.17, 15) is 18.0 Å². The third kappa shape index (κ3) is 4.72. The molecule has 0 aliphatic rings. The maximum absolute atomic E-state index is 12.9. The number of amides is 1. The van der Waals surface area contributed by atoms with Gasteiger partial charge in [-0.25, -0.2) is 0 Å². The van der Waals surface area contributed by atoms with Gasteiger partial charge < -0.3 is 14.8 Å². The Labute approximate surface area is 142 Å². The Kier molecular flexibility index (Phi) is 5.68. The Morgan fingerprint density at radius 1 is 1.28 bits per heavy atom. The van der Waals surface area contributed by atoms with Gasteiger partial charge in [0.1, 0.15) is 18.1 Å². The Hall–Kier alpha value is -2.55. The molecule has 0 aliphatic heterocycles. The zero-order valence-electron chi connectivity index (χ0n) is 14.0. The molecule has 1 heterocycles. The van der Waals surface area contributed by atoms with E-state index in [1.807, 2.05) is 0 Å². The molecule has 1 N–H and O–H groups in total. The molecule has 2 rings (SSSR count). The minimum atomic E-state index is -4.53. The molecule has 2 aromatic rings. The first-order valence-electron chi connectivity index (χ1n) is 7.37. The second-order valence-corrected chi connectivity index (χ2v) is 5.30. The second kappa shape index (κ2) is 7.56. The first kappa shape index (κ1) is 18.8. The van der Waals surface area contributed by atoms with Crippen molar-refractivity contribution in [3.8, 4) is 5.75 Å². The smallest absolute Gasteiger partial charge is 0.416 e. The molecular weight excluding hydrogens is 339 g/mol. The van der Waals surface area contributed by atoms with Crippen molar-refractivity contribution in [3.05, 3.63) is 41.2 Å². The van der Waals surface area contributed by atoms with Crippen molar-refractivity contribution < 1.29 is 27.4 Å². The molecule has 0 spiro atoms. The second-order valence-electron chi connectivity index (χ2n) is 5.30. The number of aromatic nitrogens is 2. The Morgan fingerprint density at radius 2 is 2.00 bits per heavy atom. The van der Waals surface area contributed by atoms with E-state index in [0.717, 1.165) is 12.1 Å². The summed E-state index contributed by atoms with van der Waals surface area (Å²) in [5.74, 6) is -0.462. The van der Waals surface area contributed by atoms with Crippen molar-refractivity contribution in [1.29, 1.82) is 0 Å². The number of nitrogens with one attached hydrogen (secondary N) is 1. The minimum Gasteiger partial charge on any atom is -0.489 e. The van der Waals surface area contributed by atoms with Gasteiger partial charge in [-0.1, -0.05) is 0 Å². The predicted molar refractivity (Wildman–Crippen MR) is 84.7 cm³/mol. The number of alkyl halides is 3. The van der Waals surface area contributed by atoms with Gasteiger partial charge in [-0.3, -0.25) is 9.48 Å². The number of rotatable bonds is 6. The van der Waals surface area contributed by atoms with Gasteiger partial charge in [-0.05, 0) is 31.2 Å². The number of anilines is 1. The van der Waals surface area contributed by atoms with Crippen LogP contribution in [0.1, 0.15) is 21.7 Å². The molecule has 0 unspecified atom stereocenters. The van der Waals surface area contributed by atoms with Crippen LogP contribution in [-0.4, -0.2) is 36.0 Å². The molecule has 136 valence electrons. The summed E-state index contributed by atoms with van der Waals surface area (Å²) < 4.78 is 50.4. The van der Waals surface area contributed by atoms with Crippen molar-refractivity contribution in [1.82, 2.24) is 9.78 Å². The summed E-state index contributed by atoms with van der Waals surface area (Å²) in [6.07, 6.45) is -4.53. The van der Waals surface area contributed by atoms with Gasteiger partial charge in [0.15, 0.2) is 0 Å². The average Bonchev–Trinajstić information content (AvgIpc) is 2.86. The summed E-state index contributed by atoms with van der Waals surface area (Å²) in [7, 11) is 3.05. The third-order valence-corrected chi connectivity index (χ3v) is 3.33. The Balaban J connectivity index is 2.31. The highest BCUT2D eigenvalue weighted by Gasteiger charge is 2.31. The number of methoxy groups -OCH3 is 1. The van der Waals surface area contributed by atoms with Crippen LogP contribution in [0.2, 0.25) is 0 Å². The number of nitrogens with zero attached hydrogens (tertiary/aromatic N) is 2. The maximum Gasteiger partial charge on any atom is 0.416 e. The van der Waals surface area contributed by atoms with E-state index in [1.54, 1.807) is 14.0 Å². The first-order chi connectivity index (χ1) is 11.7. The zero-order chi connectivity index (χ0) is 18.6. The fourth-order valence-corrected chi connectivity index (χ4v) is 2.17. The van der Waals surface area contributed by atoms with Gasteiger partial charge in [-0.2, -0.15) is 18.3 Å². The molecule has 25 heavy (non-hydrogen) atoms. The molecule has 0 atom stereocenters. The predicted octanol–water partition coefficient (Wildman–Crippen LogP) is 3.02. The molecule has 0 radical (unpaired) electrons. The van der Waals surface area contributed by atoms with Gasteiger partial charge in [-0.15, -0.1) is 0 Å². The summed E-state index contributed by atoms with van der Waals surface area (Å²) in [6.45, 7) is 2.10. The van der Waals surface area contributed by atoms with Crippen molar-refractivity contribution in [2.24, 2.45) is 7.05 Å². The monoisotopic (exact) mass is 357 g/mol. The SMILES string of the molecule is COCCOc1ccc(C(F)(F)F)cc1NC(=O)c1cc(C)nn1C. The minimum absolute atomic E-state index is 0.0743. The Bertz CT molecular complexity index is 757. The topological polar surface area (TPSA) is 65.4 Å². The van der Waals surface area contributed by atoms with Crippen molar-refractivity contribution in [2.45, 2.75) is 13.1 Å². The summed E-state index contributed by atoms with van der Waals surface area (Å²) in [6, 6.07) is 4.44. The van der Waals surface area contributed by atoms with Crippen LogP contribution in [0.5, 0.6) is 5.75 Å². The summed E-state index contributed by atoms with van der Waals surface area (Å²) in [5.41, 5.74) is -0.121. The summed E-state index contributed by atoms with van der Waals surface area (Å²) in [4.78, 5) is 12.4. The number of hydrogen-bond acceptors (Lipinski definition) is 4. The number of benzene rings is 1. The fraction of sp³-hybridized carbons (Fsp3) is 0.375. The van der Waals surface area contributed by atoms with Crippen LogP contribution >= 0.6 is 0 Å². The van der Waals surface area contributed by atoms with Crippen LogP contribution in [0.4, 0.5) is 18.9 Å². The molecule has 0 fully saturated rings. The number of ether oxygens (including phenoxy) is 2. The highest BCUT2D eigenvalue weighted by molar-refractivity contribution is 6.04. The number of aryl methyl sites for hydroxylation is 2. The van der Waals surface area contributed by atoms with Crippen molar-refractivity contribution in [2.75, 3.05) is 25.6 Å². The largest absolute Gasteiger partial charge is 0.489 e. The molecule has 6 nitrogen and oxygen atoms in total. The Morgan fingerprint density at radius 3 is 2.56 bits per heavy atom. The third-order valence-electron chi connectivity index (χ3n) is 3.33. The van der Waals surface area contributed by atoms with Crippen LogP contribution < -0.4 is 10.1 Å². The molecule has 0 aliphatic carbocycles. The van der Waals surface area contributed by atoms with Gasteiger partial charge >= 0.3 is 6.18 Å². The quantitative estimate of drug-likeness (QED) is 0.807. The van der Waals surface area contributed by atoms with Gasteiger partial charge in [0.2, 0.25) is 0 Å². The van der Waals surface area contributed by atoms with E-state index in [4.69, 9.17) is 9.47 Å². The molecule has 1 aromatic carbocycles. The molecule has 0 saturated carbocycles. The van der Waals surface area contributed by atoms with E-state index in [0.29, 0.717) is 5.69 Å². The van der Waals surface area contributed by atoms with Crippen molar-refractivity contribution >= 4 is 11.6 Å². The summed E-state index contributed by atoms with van der Waals surface area (Å²) in [5, 5.41) is 6.50. The standard InChI is InChI=1S/C16H18F3N3O3/c1-10-8-13(22(2)21-10)15(23)20-12-9-11(16(17,18)19)4-5-14(12)25-7-6-24-3/h4-5,8-9H,6-7H2,1-3H3,(H,20,23). The first-order valence-corrected chi connectivity index (χ1v) is 7.37. The van der Waals surface area contributed by atoms with E-state index < -0.39 is 17.6 Å². The number of hydrogen-bond donors (Lipinski definition) is 1. The van der Waals surface area contributed by atoms with Crippen LogP contribution in [0, 0.1) is 6.92 Å². The van der Waals surface area contributed by atoms with E-state index in [-0.39, 0.29) is 30.3 Å². The molecule has 1 amide bonds. The fourth-order valence-electron chi connectivity index (χ4n) is 2.17. The van der Waals surface area contributed by atoms with Crippen LogP contribution in [-0.2, 0) is 18.0 Å². The number of carbonyl (C=O) groups is 1. The van der Waals surface area contributed by atoms with Crippen molar-refractivity contribution in [3.63, 3.8) is 0 Å². The van der Waals surface area contributed by atoms with Gasteiger partial charge in [0.25, 0.3) is 5.91 Å². The van der Waals surface area contributed by atoms with Gasteiger partial charge in [0, 0.05) is 14.2 Å². The average molecular weight is 357 g/mol. The number of halogens is 3. The lowest BCUT2D eigenvalue weighted by atomic mass is 10.1. The number of carbonyl (C=O) groups excluding carboxylic acids is 1. The van der Waals surface area contributed by atoms with Crippen LogP contribution in [0.3, 0.4) is 0 Å². The molecular formula is C16H18F3N3O3. The lowest BCUT2D eigenvalue weighted by Crippen LogP contribution is -2.18. The zero-order valence-corrected chi connectivity index (χ0v) is 14.0. The lowest BCUT2D eigenvalue weighted by Gasteiger charge is -2.15. The van der Waals surface area contributed by atoms with Crippen LogP contribution in [0.15, 0.2) is 24.3 Å². The summed E-state index contributed by atoms with van der Waals surface area (Å²) >= 11 is 0. The molecule has 1 aromatic heterocycles. The van der Waals surface area contributed by atoms with Crippen LogP contribution in [0.25, 0.3) is 0 Å². The lowest BCUT2D eigenvalue weighted by molar-refractivity contribution is -0.137. The highest BCUT2D eigenvalue weighted by Crippen LogP contribution is 2.35. The molecule has 0 saturated heterocycles. The molecule has 9 heteroatoms. The van der Waals surface area contributed by atoms with Gasteiger partial charge in [0.05, 0.1) is 23.6 Å². The van der Waals surface area contributed by atoms with E-state index >= 15 is 0 Å². The molecule has 0 bridgehead atoms. The maximum atomic E-state index is 12.9. The normalized spacial score (nSPS) is 11.4. The van der Waals surface area contributed by atoms with E-state index in [2.05, 4.69) is 10.4 Å². The van der Waals surface area contributed by atoms with E-state index in [1.165, 1.54) is 23.9 Å². The highest BCUT2D eigenvalue weighted by atomic mass is 19.4.